The molecule has 0 radical (unpaired) electrons. The zero-order valence-electron chi connectivity index (χ0n) is 11.9. The lowest BCUT2D eigenvalue weighted by molar-refractivity contribution is -0.0760. The lowest BCUT2D eigenvalue weighted by Crippen LogP contribution is -2.32. The largest absolute Gasteiger partial charge is 0.367 e. The number of hydrogen-bond donors (Lipinski definition) is 1. The molecule has 112 valence electrons. The summed E-state index contributed by atoms with van der Waals surface area (Å²) >= 11 is 0. The lowest BCUT2D eigenvalue weighted by atomic mass is 9.95. The molecular weight excluding hydrogens is 278 g/mol. The Bertz CT molecular complexity index is 536. The van der Waals surface area contributed by atoms with E-state index in [0.717, 1.165) is 31.4 Å². The van der Waals surface area contributed by atoms with Crippen molar-refractivity contribution in [3.05, 3.63) is 23.8 Å². The topological polar surface area (TPSA) is 81.2 Å². The molecule has 6 nitrogen and oxygen atoms in total. The van der Waals surface area contributed by atoms with Crippen LogP contribution in [0.4, 0.5) is 0 Å². The number of rotatable bonds is 5. The van der Waals surface area contributed by atoms with Gasteiger partial charge >= 0.3 is 0 Å². The molecule has 1 aliphatic rings. The summed E-state index contributed by atoms with van der Waals surface area (Å²) in [7, 11) is -3.19. The van der Waals surface area contributed by atoms with Crippen molar-refractivity contribution >= 4 is 10.0 Å². The first-order valence-electron chi connectivity index (χ1n) is 6.88. The SMILES string of the molecule is CCS(=O)(=O)NCc1cnc([C@@]2(C)CCCCO2)nc1. The van der Waals surface area contributed by atoms with Crippen LogP contribution in [0.25, 0.3) is 0 Å². The molecule has 1 aromatic heterocycles. The van der Waals surface area contributed by atoms with Crippen molar-refractivity contribution in [2.24, 2.45) is 0 Å². The Kier molecular flexibility index (Phi) is 4.72. The van der Waals surface area contributed by atoms with E-state index >= 15 is 0 Å². The van der Waals surface area contributed by atoms with Crippen LogP contribution in [0, 0.1) is 0 Å². The van der Waals surface area contributed by atoms with Crippen molar-refractivity contribution in [2.45, 2.75) is 45.3 Å². The zero-order chi connectivity index (χ0) is 14.6. The molecule has 0 aromatic carbocycles. The molecule has 0 saturated carbocycles. The van der Waals surface area contributed by atoms with Crippen LogP contribution >= 0.6 is 0 Å². The minimum atomic E-state index is -3.19. The molecule has 0 amide bonds. The normalized spacial score (nSPS) is 23.7. The van der Waals surface area contributed by atoms with Crippen molar-refractivity contribution in [3.8, 4) is 0 Å². The molecule has 1 aromatic rings. The van der Waals surface area contributed by atoms with E-state index in [1.165, 1.54) is 0 Å². The maximum atomic E-state index is 11.4. The standard InChI is InChI=1S/C13H21N3O3S/c1-3-20(17,18)16-10-11-8-14-12(15-9-11)13(2)6-4-5-7-19-13/h8-9,16H,3-7,10H2,1-2H3/t13-/m1/s1. The molecule has 7 heteroatoms. The first-order valence-corrected chi connectivity index (χ1v) is 8.53. The molecule has 2 heterocycles. The Morgan fingerprint density at radius 1 is 1.35 bits per heavy atom. The molecule has 1 atom stereocenters. The van der Waals surface area contributed by atoms with Gasteiger partial charge in [0, 0.05) is 31.1 Å². The zero-order valence-corrected chi connectivity index (χ0v) is 12.7. The second kappa shape index (κ2) is 6.15. The van der Waals surface area contributed by atoms with Crippen molar-refractivity contribution < 1.29 is 13.2 Å². The van der Waals surface area contributed by atoms with Gasteiger partial charge in [-0.2, -0.15) is 0 Å². The highest BCUT2D eigenvalue weighted by molar-refractivity contribution is 7.89. The van der Waals surface area contributed by atoms with Gasteiger partial charge in [-0.1, -0.05) is 0 Å². The molecule has 1 aliphatic heterocycles. The van der Waals surface area contributed by atoms with Crippen LogP contribution in [0.15, 0.2) is 12.4 Å². The van der Waals surface area contributed by atoms with Gasteiger partial charge in [0.25, 0.3) is 0 Å². The fraction of sp³-hybridized carbons (Fsp3) is 0.692. The molecule has 0 spiro atoms. The van der Waals surface area contributed by atoms with E-state index in [2.05, 4.69) is 14.7 Å². The van der Waals surface area contributed by atoms with Gasteiger partial charge in [-0.05, 0) is 33.1 Å². The molecule has 0 unspecified atom stereocenters. The molecular formula is C13H21N3O3S. The molecule has 20 heavy (non-hydrogen) atoms. The van der Waals surface area contributed by atoms with E-state index in [-0.39, 0.29) is 12.3 Å². The Hall–Kier alpha value is -1.05. The third-order valence-electron chi connectivity index (χ3n) is 3.52. The highest BCUT2D eigenvalue weighted by atomic mass is 32.2. The van der Waals surface area contributed by atoms with Gasteiger partial charge in [-0.15, -0.1) is 0 Å². The first kappa shape index (κ1) is 15.3. The second-order valence-corrected chi connectivity index (χ2v) is 7.27. The van der Waals surface area contributed by atoms with E-state index in [9.17, 15) is 8.42 Å². The lowest BCUT2D eigenvalue weighted by Gasteiger charge is -2.32. The van der Waals surface area contributed by atoms with E-state index in [1.807, 2.05) is 6.92 Å². The summed E-state index contributed by atoms with van der Waals surface area (Å²) in [5.74, 6) is 0.733. The minimum Gasteiger partial charge on any atom is -0.367 e. The van der Waals surface area contributed by atoms with Crippen LogP contribution in [-0.4, -0.2) is 30.7 Å². The molecule has 1 N–H and O–H groups in total. The van der Waals surface area contributed by atoms with Gasteiger partial charge in [0.05, 0.1) is 5.75 Å². The Morgan fingerprint density at radius 2 is 2.05 bits per heavy atom. The predicted molar refractivity (Wildman–Crippen MR) is 75.5 cm³/mol. The summed E-state index contributed by atoms with van der Waals surface area (Å²) in [6, 6.07) is 0. The van der Waals surface area contributed by atoms with Gasteiger partial charge < -0.3 is 4.74 Å². The van der Waals surface area contributed by atoms with Gasteiger partial charge in [-0.3, -0.25) is 0 Å². The van der Waals surface area contributed by atoms with Gasteiger partial charge in [0.15, 0.2) is 5.82 Å². The highest BCUT2D eigenvalue weighted by Gasteiger charge is 2.32. The van der Waals surface area contributed by atoms with Crippen LogP contribution < -0.4 is 4.72 Å². The third-order valence-corrected chi connectivity index (χ3v) is 4.87. The molecule has 1 saturated heterocycles. The van der Waals surface area contributed by atoms with Crippen molar-refractivity contribution in [1.29, 1.82) is 0 Å². The van der Waals surface area contributed by atoms with Gasteiger partial charge in [-0.25, -0.2) is 23.1 Å². The van der Waals surface area contributed by atoms with Crippen molar-refractivity contribution in [1.82, 2.24) is 14.7 Å². The fourth-order valence-electron chi connectivity index (χ4n) is 2.12. The third kappa shape index (κ3) is 3.74. The molecule has 1 fully saturated rings. The quantitative estimate of drug-likeness (QED) is 0.887. The number of aromatic nitrogens is 2. The smallest absolute Gasteiger partial charge is 0.211 e. The number of nitrogens with one attached hydrogen (secondary N) is 1. The summed E-state index contributed by atoms with van der Waals surface area (Å²) in [5, 5.41) is 0. The number of ether oxygens (including phenoxy) is 1. The summed E-state index contributed by atoms with van der Waals surface area (Å²) in [6.45, 7) is 4.55. The highest BCUT2D eigenvalue weighted by Crippen LogP contribution is 2.32. The van der Waals surface area contributed by atoms with Crippen molar-refractivity contribution in [2.75, 3.05) is 12.4 Å². The van der Waals surface area contributed by atoms with Crippen LogP contribution in [0.3, 0.4) is 0 Å². The summed E-state index contributed by atoms with van der Waals surface area (Å²) in [4.78, 5) is 8.66. The summed E-state index contributed by atoms with van der Waals surface area (Å²) in [5.41, 5.74) is 0.324. The summed E-state index contributed by atoms with van der Waals surface area (Å²) in [6.07, 6.45) is 6.41. The summed E-state index contributed by atoms with van der Waals surface area (Å²) < 4.78 is 31.0. The van der Waals surface area contributed by atoms with Crippen LogP contribution in [-0.2, 0) is 26.9 Å². The fourth-order valence-corrected chi connectivity index (χ4v) is 2.72. The maximum absolute atomic E-state index is 11.4. The van der Waals surface area contributed by atoms with Gasteiger partial charge in [0.1, 0.15) is 5.60 Å². The second-order valence-electron chi connectivity index (χ2n) is 5.18. The van der Waals surface area contributed by atoms with E-state index in [4.69, 9.17) is 4.74 Å². The van der Waals surface area contributed by atoms with Crippen molar-refractivity contribution in [3.63, 3.8) is 0 Å². The average molecular weight is 299 g/mol. The number of sulfonamides is 1. The first-order chi connectivity index (χ1) is 9.45. The average Bonchev–Trinajstić information content (AvgIpc) is 2.47. The van der Waals surface area contributed by atoms with Gasteiger partial charge in [0.2, 0.25) is 10.0 Å². The Morgan fingerprint density at radius 3 is 2.60 bits per heavy atom. The number of nitrogens with zero attached hydrogens (tertiary/aromatic N) is 2. The predicted octanol–water partition coefficient (Wildman–Crippen LogP) is 1.33. The van der Waals surface area contributed by atoms with E-state index in [1.54, 1.807) is 19.3 Å². The molecule has 0 bridgehead atoms. The minimum absolute atomic E-state index is 0.0673. The van der Waals surface area contributed by atoms with E-state index in [0.29, 0.717) is 5.82 Å². The maximum Gasteiger partial charge on any atom is 0.211 e. The van der Waals surface area contributed by atoms with Crippen LogP contribution in [0.1, 0.15) is 44.5 Å². The monoisotopic (exact) mass is 299 g/mol. The van der Waals surface area contributed by atoms with Crippen LogP contribution in [0.5, 0.6) is 0 Å². The molecule has 0 aliphatic carbocycles. The Labute approximate surface area is 120 Å². The van der Waals surface area contributed by atoms with E-state index < -0.39 is 15.6 Å². The number of hydrogen-bond acceptors (Lipinski definition) is 5. The Balaban J connectivity index is 2.03. The van der Waals surface area contributed by atoms with Crippen LogP contribution in [0.2, 0.25) is 0 Å². The molecule has 2 rings (SSSR count).